The highest BCUT2D eigenvalue weighted by Crippen LogP contribution is 2.31. The molecule has 0 aliphatic heterocycles. The van der Waals surface area contributed by atoms with E-state index < -0.39 is 0 Å². The van der Waals surface area contributed by atoms with Gasteiger partial charge in [-0.05, 0) is 31.2 Å². The van der Waals surface area contributed by atoms with Crippen LogP contribution in [-0.4, -0.2) is 30.1 Å². The monoisotopic (exact) mass is 397 g/mol. The molecule has 0 aliphatic carbocycles. The summed E-state index contributed by atoms with van der Waals surface area (Å²) in [5.41, 5.74) is 1.98. The minimum absolute atomic E-state index is 0.236. The normalized spacial score (nSPS) is 11.0. The first-order valence-electron chi connectivity index (χ1n) is 8.61. The number of furan rings is 1. The zero-order valence-corrected chi connectivity index (χ0v) is 16.5. The first-order valence-corrected chi connectivity index (χ1v) is 9.49. The first-order chi connectivity index (χ1) is 13.6. The van der Waals surface area contributed by atoms with Gasteiger partial charge in [0.15, 0.2) is 5.76 Å². The molecule has 0 radical (unpaired) electrons. The zero-order chi connectivity index (χ0) is 19.7. The Kier molecular flexibility index (Phi) is 4.79. The summed E-state index contributed by atoms with van der Waals surface area (Å²) in [6, 6.07) is 9.08. The first kappa shape index (κ1) is 18.1. The molecule has 8 heteroatoms. The third-order valence-corrected chi connectivity index (χ3v) is 5.10. The molecule has 0 fully saturated rings. The predicted octanol–water partition coefficient (Wildman–Crippen LogP) is 4.14. The number of ether oxygens (including phenoxy) is 2. The van der Waals surface area contributed by atoms with Crippen molar-refractivity contribution in [2.24, 2.45) is 0 Å². The number of nitrogens with zero attached hydrogens (tertiary/aromatic N) is 1. The third-order valence-electron chi connectivity index (χ3n) is 4.32. The Morgan fingerprint density at radius 2 is 2.11 bits per heavy atom. The molecular weight excluding hydrogens is 378 g/mol. The molecular formula is C20H19N3O4S. The van der Waals surface area contributed by atoms with Crippen molar-refractivity contribution in [3.63, 3.8) is 0 Å². The Bertz CT molecular complexity index is 1140. The Hall–Kier alpha value is -3.26. The number of fused-ring (bicyclic) bond motifs is 1. The molecule has 0 aliphatic rings. The van der Waals surface area contributed by atoms with Gasteiger partial charge in [-0.3, -0.25) is 4.79 Å². The predicted molar refractivity (Wildman–Crippen MR) is 107 cm³/mol. The van der Waals surface area contributed by atoms with Gasteiger partial charge in [-0.25, -0.2) is 4.98 Å². The van der Waals surface area contributed by atoms with Gasteiger partial charge in [-0.15, -0.1) is 11.3 Å². The fourth-order valence-corrected chi connectivity index (χ4v) is 3.54. The fraction of sp³-hybridized carbons (Fsp3) is 0.200. The molecule has 2 N–H and O–H groups in total. The van der Waals surface area contributed by atoms with Gasteiger partial charge in [-0.2, -0.15) is 0 Å². The molecule has 1 aromatic carbocycles. The molecule has 0 unspecified atom stereocenters. The molecule has 0 bridgehead atoms. The van der Waals surface area contributed by atoms with E-state index in [9.17, 15) is 4.79 Å². The number of carbonyl (C=O) groups excluding carboxylic acids is 1. The molecule has 3 heterocycles. The van der Waals surface area contributed by atoms with Crippen LogP contribution in [0.2, 0.25) is 0 Å². The summed E-state index contributed by atoms with van der Waals surface area (Å²) >= 11 is 1.57. The average molecular weight is 397 g/mol. The van der Waals surface area contributed by atoms with Gasteiger partial charge in [0.1, 0.15) is 28.6 Å². The van der Waals surface area contributed by atoms with Gasteiger partial charge in [-0.1, -0.05) is 0 Å². The second-order valence-corrected chi connectivity index (χ2v) is 7.24. The van der Waals surface area contributed by atoms with E-state index in [2.05, 4.69) is 15.3 Å². The number of nitrogens with one attached hydrogen (secondary N) is 2. The van der Waals surface area contributed by atoms with Crippen LogP contribution in [0.4, 0.5) is 0 Å². The van der Waals surface area contributed by atoms with E-state index in [-0.39, 0.29) is 12.5 Å². The summed E-state index contributed by atoms with van der Waals surface area (Å²) in [6.07, 6.45) is 0. The Labute approximate surface area is 165 Å². The van der Waals surface area contributed by atoms with Crippen LogP contribution in [0.3, 0.4) is 0 Å². The van der Waals surface area contributed by atoms with Crippen LogP contribution in [0.1, 0.15) is 21.3 Å². The summed E-state index contributed by atoms with van der Waals surface area (Å²) in [4.78, 5) is 20.1. The maximum atomic E-state index is 12.6. The highest BCUT2D eigenvalue weighted by molar-refractivity contribution is 7.09. The number of hydrogen-bond donors (Lipinski definition) is 2. The van der Waals surface area contributed by atoms with Crippen molar-refractivity contribution >= 4 is 28.1 Å². The molecule has 0 saturated carbocycles. The van der Waals surface area contributed by atoms with Crippen molar-refractivity contribution < 1.29 is 18.7 Å². The van der Waals surface area contributed by atoms with Crippen molar-refractivity contribution in [2.45, 2.75) is 13.5 Å². The number of aromatic nitrogens is 2. The lowest BCUT2D eigenvalue weighted by Crippen LogP contribution is -2.22. The van der Waals surface area contributed by atoms with E-state index >= 15 is 0 Å². The summed E-state index contributed by atoms with van der Waals surface area (Å²) in [6.45, 7) is 2.22. The number of aromatic amines is 1. The average Bonchev–Trinajstić information content (AvgIpc) is 3.43. The highest BCUT2D eigenvalue weighted by Gasteiger charge is 2.15. The number of thiazole rings is 1. The number of methoxy groups -OCH3 is 2. The molecule has 144 valence electrons. The van der Waals surface area contributed by atoms with Gasteiger partial charge in [0, 0.05) is 16.8 Å². The third kappa shape index (κ3) is 3.46. The molecule has 1 amide bonds. The lowest BCUT2D eigenvalue weighted by Gasteiger charge is -2.05. The van der Waals surface area contributed by atoms with E-state index in [1.54, 1.807) is 37.7 Å². The van der Waals surface area contributed by atoms with Crippen LogP contribution in [0.15, 0.2) is 40.1 Å². The van der Waals surface area contributed by atoms with Crippen molar-refractivity contribution in [3.05, 3.63) is 52.2 Å². The second-order valence-electron chi connectivity index (χ2n) is 6.18. The smallest absolute Gasteiger partial charge is 0.268 e. The number of carbonyl (C=O) groups is 1. The van der Waals surface area contributed by atoms with Crippen LogP contribution in [0.5, 0.6) is 11.5 Å². The molecule has 28 heavy (non-hydrogen) atoms. The number of H-pyrrole nitrogens is 1. The number of rotatable bonds is 6. The van der Waals surface area contributed by atoms with E-state index in [0.29, 0.717) is 28.7 Å². The van der Waals surface area contributed by atoms with Gasteiger partial charge in [0.25, 0.3) is 5.91 Å². The van der Waals surface area contributed by atoms with Crippen LogP contribution < -0.4 is 14.8 Å². The summed E-state index contributed by atoms with van der Waals surface area (Å²) in [7, 11) is 3.17. The minimum atomic E-state index is -0.236. The van der Waals surface area contributed by atoms with Crippen molar-refractivity contribution in [3.8, 4) is 23.0 Å². The summed E-state index contributed by atoms with van der Waals surface area (Å²) in [5, 5.41) is 6.62. The number of benzene rings is 1. The number of aryl methyl sites for hydroxylation is 1. The molecule has 4 rings (SSSR count). The Balaban J connectivity index is 1.49. The van der Waals surface area contributed by atoms with Crippen molar-refractivity contribution in [1.29, 1.82) is 0 Å². The molecule has 0 saturated heterocycles. The topological polar surface area (TPSA) is 89.4 Å². The minimum Gasteiger partial charge on any atom is -0.497 e. The molecule has 4 aromatic rings. The Morgan fingerprint density at radius 3 is 2.82 bits per heavy atom. The van der Waals surface area contributed by atoms with Gasteiger partial charge >= 0.3 is 0 Å². The Morgan fingerprint density at radius 1 is 1.25 bits per heavy atom. The SMILES string of the molecule is COc1cc(OC)c2[nH]c(C(=O)NCc3ccc(-c4csc(C)n4)o3)cc2c1. The van der Waals surface area contributed by atoms with E-state index in [1.165, 1.54) is 0 Å². The van der Waals surface area contributed by atoms with E-state index in [4.69, 9.17) is 13.9 Å². The number of hydrogen-bond acceptors (Lipinski definition) is 6. The number of amides is 1. The molecule has 0 spiro atoms. The van der Waals surface area contributed by atoms with Crippen LogP contribution >= 0.6 is 11.3 Å². The van der Waals surface area contributed by atoms with Crippen molar-refractivity contribution in [2.75, 3.05) is 14.2 Å². The lowest BCUT2D eigenvalue weighted by atomic mass is 10.2. The maximum absolute atomic E-state index is 12.6. The standard InChI is InChI=1S/C20H19N3O4S/c1-11-22-16(10-28-11)17-5-4-13(27-17)9-21-20(24)15-7-12-6-14(25-2)8-18(26-3)19(12)23-15/h4-8,10,23H,9H2,1-3H3,(H,21,24). The van der Waals surface area contributed by atoms with Crippen LogP contribution in [-0.2, 0) is 6.54 Å². The highest BCUT2D eigenvalue weighted by atomic mass is 32.1. The second kappa shape index (κ2) is 7.40. The summed E-state index contributed by atoms with van der Waals surface area (Å²) in [5.74, 6) is 2.39. The van der Waals surface area contributed by atoms with Gasteiger partial charge in [0.05, 0.1) is 31.3 Å². The molecule has 7 nitrogen and oxygen atoms in total. The van der Waals surface area contributed by atoms with E-state index in [1.807, 2.05) is 30.5 Å². The quantitative estimate of drug-likeness (QED) is 0.510. The maximum Gasteiger partial charge on any atom is 0.268 e. The fourth-order valence-electron chi connectivity index (χ4n) is 2.94. The summed E-state index contributed by atoms with van der Waals surface area (Å²) < 4.78 is 16.4. The molecule has 3 aromatic heterocycles. The van der Waals surface area contributed by atoms with Crippen molar-refractivity contribution in [1.82, 2.24) is 15.3 Å². The van der Waals surface area contributed by atoms with Crippen LogP contribution in [0.25, 0.3) is 22.4 Å². The van der Waals surface area contributed by atoms with Crippen LogP contribution in [0, 0.1) is 6.92 Å². The van der Waals surface area contributed by atoms with E-state index in [0.717, 1.165) is 21.6 Å². The lowest BCUT2D eigenvalue weighted by molar-refractivity contribution is 0.0944. The van der Waals surface area contributed by atoms with Gasteiger partial charge in [0.2, 0.25) is 0 Å². The largest absolute Gasteiger partial charge is 0.497 e. The zero-order valence-electron chi connectivity index (χ0n) is 15.7. The van der Waals surface area contributed by atoms with Gasteiger partial charge < -0.3 is 24.2 Å². The molecule has 0 atom stereocenters.